The van der Waals surface area contributed by atoms with Gasteiger partial charge in [0.2, 0.25) is 11.8 Å². The summed E-state index contributed by atoms with van der Waals surface area (Å²) in [6.45, 7) is 1.24. The zero-order valence-corrected chi connectivity index (χ0v) is 37.1. The highest BCUT2D eigenvalue weighted by Crippen LogP contribution is 2.39. The van der Waals surface area contributed by atoms with Gasteiger partial charge in [-0.2, -0.15) is 26.3 Å². The second-order valence-corrected chi connectivity index (χ2v) is 16.2. The number of hydrogen-bond donors (Lipinski definition) is 6. The molecule has 0 radical (unpaired) electrons. The quantitative estimate of drug-likeness (QED) is 0.0350. The van der Waals surface area contributed by atoms with Gasteiger partial charge in [0.15, 0.2) is 11.9 Å². The van der Waals surface area contributed by atoms with Crippen LogP contribution in [0, 0.1) is 5.41 Å². The zero-order chi connectivity index (χ0) is 45.3. The first-order valence-electron chi connectivity index (χ1n) is 17.0. The predicted octanol–water partition coefficient (Wildman–Crippen LogP) is 6.45. The second-order valence-electron chi connectivity index (χ2n) is 12.5. The van der Waals surface area contributed by atoms with Gasteiger partial charge in [0, 0.05) is 44.1 Å². The first kappa shape index (κ1) is 53.0. The maximum Gasteiger partial charge on any atom is 0.490 e. The highest BCUT2D eigenvalue weighted by molar-refractivity contribution is 9.11. The topological polar surface area (TPSA) is 261 Å². The Hall–Kier alpha value is -3.97. The summed E-state index contributed by atoms with van der Waals surface area (Å²) in [5.41, 5.74) is 21.7. The lowest BCUT2D eigenvalue weighted by molar-refractivity contribution is -0.193. The molecule has 328 valence electrons. The number of barbiturate groups is 1. The number of halogens is 10. The van der Waals surface area contributed by atoms with Gasteiger partial charge < -0.3 is 33.1 Å². The number of rotatable bonds is 16. The van der Waals surface area contributed by atoms with Crippen LogP contribution < -0.4 is 22.9 Å². The van der Waals surface area contributed by atoms with Gasteiger partial charge in [-0.15, -0.1) is 0 Å². The third-order valence-corrected chi connectivity index (χ3v) is 9.61. The smallest absolute Gasteiger partial charge is 0.475 e. The summed E-state index contributed by atoms with van der Waals surface area (Å²) < 4.78 is 66.7. The number of alkyl halides is 6. The molecule has 0 spiro atoms. The lowest BCUT2D eigenvalue weighted by Gasteiger charge is -2.44. The van der Waals surface area contributed by atoms with Gasteiger partial charge in [-0.05, 0) is 98.9 Å². The van der Waals surface area contributed by atoms with E-state index in [0.717, 1.165) is 29.0 Å². The van der Waals surface area contributed by atoms with Crippen molar-refractivity contribution in [1.29, 1.82) is 0 Å². The van der Waals surface area contributed by atoms with E-state index in [1.807, 2.05) is 36.4 Å². The monoisotopic (exact) mass is 1100 g/mol. The van der Waals surface area contributed by atoms with Crippen LogP contribution in [-0.4, -0.2) is 100 Å². The van der Waals surface area contributed by atoms with Crippen LogP contribution in [0.3, 0.4) is 0 Å². The number of carbonyl (C=O) groups excluding carboxylic acids is 3. The van der Waals surface area contributed by atoms with Crippen LogP contribution >= 0.6 is 63.7 Å². The second kappa shape index (κ2) is 24.3. The molecule has 0 aromatic heterocycles. The Bertz CT molecular complexity index is 1690. The summed E-state index contributed by atoms with van der Waals surface area (Å²) in [5, 5.41) is 14.2. The minimum Gasteiger partial charge on any atom is -0.475 e. The lowest BCUT2D eigenvalue weighted by Crippen LogP contribution is -2.66. The number of hydrogen-bond acceptors (Lipinski definition) is 7. The third-order valence-electron chi connectivity index (χ3n) is 7.78. The van der Waals surface area contributed by atoms with Crippen LogP contribution in [0.4, 0.5) is 31.1 Å². The molecule has 1 aliphatic heterocycles. The van der Waals surface area contributed by atoms with Crippen molar-refractivity contribution in [3.05, 3.63) is 65.4 Å². The summed E-state index contributed by atoms with van der Waals surface area (Å²) in [7, 11) is 0. The number of nitrogens with zero attached hydrogens (tertiary/aromatic N) is 4. The number of carboxylic acids is 2. The maximum absolute atomic E-state index is 14.6. The van der Waals surface area contributed by atoms with Crippen molar-refractivity contribution < 1.29 is 60.5 Å². The average Bonchev–Trinajstić information content (AvgIpc) is 3.08. The van der Waals surface area contributed by atoms with E-state index in [-0.39, 0.29) is 37.9 Å². The number of nitrogens with two attached hydrogens (primary N) is 4. The molecule has 1 heterocycles. The Morgan fingerprint density at radius 2 is 0.864 bits per heavy atom. The first-order chi connectivity index (χ1) is 27.2. The Kier molecular flexibility index (Phi) is 21.9. The number of urea groups is 1. The molecule has 3 rings (SSSR count). The molecule has 1 fully saturated rings. The number of unbranched alkanes of at least 4 members (excludes halogenated alkanes) is 4. The van der Waals surface area contributed by atoms with Gasteiger partial charge in [0.25, 0.3) is 0 Å². The van der Waals surface area contributed by atoms with E-state index in [0.29, 0.717) is 51.6 Å². The van der Waals surface area contributed by atoms with Gasteiger partial charge in [-0.1, -0.05) is 63.7 Å². The van der Waals surface area contributed by atoms with Gasteiger partial charge in [0.05, 0.1) is 0 Å². The van der Waals surface area contributed by atoms with Crippen LogP contribution in [-0.2, 0) is 32.0 Å². The number of amides is 4. The number of carboxylic acid groups (broad SMARTS) is 2. The zero-order valence-electron chi connectivity index (χ0n) is 30.8. The largest absolute Gasteiger partial charge is 0.490 e. The summed E-state index contributed by atoms with van der Waals surface area (Å²) in [6.07, 6.45) is -6.12. The van der Waals surface area contributed by atoms with Crippen molar-refractivity contribution in [3.63, 3.8) is 0 Å². The van der Waals surface area contributed by atoms with E-state index in [4.69, 9.17) is 42.7 Å². The molecule has 59 heavy (non-hydrogen) atoms. The summed E-state index contributed by atoms with van der Waals surface area (Å²) >= 11 is 14.1. The number of aliphatic imine (C=N–C) groups is 2. The van der Waals surface area contributed by atoms with Crippen molar-refractivity contribution in [1.82, 2.24) is 9.80 Å². The molecule has 10 N–H and O–H groups in total. The van der Waals surface area contributed by atoms with E-state index < -0.39 is 47.6 Å². The molecular formula is C34H40Br4F6N8O7. The van der Waals surface area contributed by atoms with Crippen LogP contribution in [0.2, 0.25) is 0 Å². The molecule has 1 aliphatic rings. The maximum atomic E-state index is 14.6. The number of aliphatic carboxylic acids is 2. The molecule has 15 nitrogen and oxygen atoms in total. The van der Waals surface area contributed by atoms with E-state index >= 15 is 0 Å². The van der Waals surface area contributed by atoms with Crippen molar-refractivity contribution in [2.75, 3.05) is 26.2 Å². The number of guanidine groups is 2. The van der Waals surface area contributed by atoms with E-state index in [2.05, 4.69) is 73.7 Å². The number of benzene rings is 2. The van der Waals surface area contributed by atoms with E-state index in [1.165, 1.54) is 9.80 Å². The molecule has 25 heteroatoms. The first-order valence-corrected chi connectivity index (χ1v) is 20.2. The SMILES string of the molecule is NC(N)=NCCCCCN1C(=O)N(CCCCCN=C(N)N)C(=O)C(Cc2cc(Br)cc(Br)c2)(Cc2cc(Br)cc(Br)c2)C1=O.O=C(O)C(F)(F)F.O=C(O)C(F)(F)F. The average molecular weight is 1110 g/mol. The van der Waals surface area contributed by atoms with Crippen LogP contribution in [0.5, 0.6) is 0 Å². The van der Waals surface area contributed by atoms with Crippen molar-refractivity contribution in [2.24, 2.45) is 38.3 Å². The Morgan fingerprint density at radius 1 is 0.576 bits per heavy atom. The minimum absolute atomic E-state index is 0.0204. The van der Waals surface area contributed by atoms with Crippen LogP contribution in [0.1, 0.15) is 49.7 Å². The van der Waals surface area contributed by atoms with Crippen LogP contribution in [0.15, 0.2) is 64.3 Å². The molecular weight excluding hydrogens is 1070 g/mol. The molecule has 4 amide bonds. The van der Waals surface area contributed by atoms with E-state index in [9.17, 15) is 40.7 Å². The standard InChI is InChI=1S/C30H38Br4N8O3.2C2HF3O2/c31-21-11-19(12-22(32)15-21)17-30(18-20-13-23(33)16-24(34)14-20)25(43)41(9-5-1-3-7-39-27(35)36)29(45)42(26(30)44)10-6-2-4-8-40-28(37)38;2*3-2(4,5)1(6)7/h11-16H,1-10,17-18H2,(H4,35,36,39)(H4,37,38,40);2*(H,6,7). The normalized spacial score (nSPS) is 13.8. The third kappa shape index (κ3) is 18.9. The Morgan fingerprint density at radius 3 is 1.12 bits per heavy atom. The van der Waals surface area contributed by atoms with Gasteiger partial charge in [0.1, 0.15) is 5.41 Å². The van der Waals surface area contributed by atoms with Gasteiger partial charge in [-0.3, -0.25) is 29.4 Å². The van der Waals surface area contributed by atoms with Crippen molar-refractivity contribution >= 4 is 105 Å². The predicted molar refractivity (Wildman–Crippen MR) is 219 cm³/mol. The molecule has 0 aliphatic carbocycles. The van der Waals surface area contributed by atoms with Crippen molar-refractivity contribution in [3.8, 4) is 0 Å². The molecule has 2 aromatic rings. The number of carbonyl (C=O) groups is 5. The number of imide groups is 2. The Labute approximate surface area is 367 Å². The van der Waals surface area contributed by atoms with Crippen molar-refractivity contribution in [2.45, 2.75) is 63.7 Å². The van der Waals surface area contributed by atoms with Gasteiger partial charge in [-0.25, -0.2) is 14.4 Å². The Balaban J connectivity index is 0.00000106. The lowest BCUT2D eigenvalue weighted by atomic mass is 9.72. The van der Waals surface area contributed by atoms with Crippen LogP contribution in [0.25, 0.3) is 0 Å². The summed E-state index contributed by atoms with van der Waals surface area (Å²) in [4.78, 5) is 71.3. The molecule has 1 saturated heterocycles. The fourth-order valence-electron chi connectivity index (χ4n) is 5.34. The van der Waals surface area contributed by atoms with Gasteiger partial charge >= 0.3 is 30.3 Å². The molecule has 0 atom stereocenters. The molecule has 0 unspecified atom stereocenters. The highest BCUT2D eigenvalue weighted by Gasteiger charge is 2.57. The molecule has 0 saturated carbocycles. The summed E-state index contributed by atoms with van der Waals surface area (Å²) in [6, 6.07) is 10.7. The van der Waals surface area contributed by atoms with E-state index in [1.54, 1.807) is 0 Å². The fourth-order valence-corrected chi connectivity index (χ4v) is 8.12. The highest BCUT2D eigenvalue weighted by atomic mass is 79.9. The molecule has 0 bridgehead atoms. The molecule has 2 aromatic carbocycles. The summed E-state index contributed by atoms with van der Waals surface area (Å²) in [5.74, 6) is -6.48. The fraction of sp³-hybridized carbons (Fsp3) is 0.441. The minimum atomic E-state index is -5.08.